The van der Waals surface area contributed by atoms with E-state index in [-0.39, 0.29) is 6.61 Å². The molecule has 0 aliphatic carbocycles. The fraction of sp³-hybridized carbons (Fsp3) is 0.300. The predicted octanol–water partition coefficient (Wildman–Crippen LogP) is 1.69. The lowest BCUT2D eigenvalue weighted by Crippen LogP contribution is -2.13. The summed E-state index contributed by atoms with van der Waals surface area (Å²) in [5, 5.41) is 0. The highest BCUT2D eigenvalue weighted by atomic mass is 19.1. The first-order chi connectivity index (χ1) is 6.63. The summed E-state index contributed by atoms with van der Waals surface area (Å²) in [7, 11) is 1.27. The fourth-order valence-corrected chi connectivity index (χ4v) is 0.925. The number of halogens is 1. The Labute approximate surface area is 81.4 Å². The van der Waals surface area contributed by atoms with E-state index in [9.17, 15) is 9.18 Å². The van der Waals surface area contributed by atoms with E-state index in [1.54, 1.807) is 13.0 Å². The summed E-state index contributed by atoms with van der Waals surface area (Å²) in [6.07, 6.45) is 0. The minimum Gasteiger partial charge on any atom is -0.482 e. The Morgan fingerprint density at radius 3 is 2.86 bits per heavy atom. The molecule has 76 valence electrons. The van der Waals surface area contributed by atoms with E-state index >= 15 is 0 Å². The van der Waals surface area contributed by atoms with Crippen LogP contribution in [0.1, 0.15) is 5.56 Å². The quantitative estimate of drug-likeness (QED) is 0.693. The van der Waals surface area contributed by atoms with Gasteiger partial charge in [0.25, 0.3) is 0 Å². The van der Waals surface area contributed by atoms with Crippen LogP contribution < -0.4 is 4.74 Å². The van der Waals surface area contributed by atoms with E-state index in [2.05, 4.69) is 4.74 Å². The Bertz CT molecular complexity index is 336. The van der Waals surface area contributed by atoms with E-state index in [1.807, 2.05) is 0 Å². The minimum absolute atomic E-state index is 0.208. The molecular formula is C10H11FO3. The molecule has 0 aliphatic heterocycles. The lowest BCUT2D eigenvalue weighted by atomic mass is 10.2. The van der Waals surface area contributed by atoms with E-state index < -0.39 is 11.8 Å². The van der Waals surface area contributed by atoms with Crippen LogP contribution in [0.25, 0.3) is 0 Å². The summed E-state index contributed by atoms with van der Waals surface area (Å²) < 4.78 is 22.2. The van der Waals surface area contributed by atoms with Crippen molar-refractivity contribution in [3.63, 3.8) is 0 Å². The van der Waals surface area contributed by atoms with Crippen molar-refractivity contribution in [2.45, 2.75) is 6.92 Å². The zero-order valence-corrected chi connectivity index (χ0v) is 8.04. The minimum atomic E-state index is -0.492. The van der Waals surface area contributed by atoms with Gasteiger partial charge in [-0.3, -0.25) is 0 Å². The maximum absolute atomic E-state index is 12.8. The Morgan fingerprint density at radius 2 is 2.21 bits per heavy atom. The fourth-order valence-electron chi connectivity index (χ4n) is 0.925. The van der Waals surface area contributed by atoms with Gasteiger partial charge < -0.3 is 9.47 Å². The molecule has 0 aliphatic rings. The highest BCUT2D eigenvalue weighted by Gasteiger charge is 2.05. The van der Waals surface area contributed by atoms with Crippen LogP contribution >= 0.6 is 0 Å². The topological polar surface area (TPSA) is 35.5 Å². The molecular weight excluding hydrogens is 187 g/mol. The molecule has 0 spiro atoms. The summed E-state index contributed by atoms with van der Waals surface area (Å²) >= 11 is 0. The van der Waals surface area contributed by atoms with Gasteiger partial charge in [0.2, 0.25) is 0 Å². The molecule has 1 aromatic carbocycles. The molecule has 0 amide bonds. The standard InChI is InChI=1S/C10H11FO3/c1-7-3-4-8(11)5-9(7)14-6-10(12)13-2/h3-5H,6H2,1-2H3. The van der Waals surface area contributed by atoms with Gasteiger partial charge in [-0.05, 0) is 18.6 Å². The summed E-state index contributed by atoms with van der Waals surface area (Å²) in [4.78, 5) is 10.7. The van der Waals surface area contributed by atoms with Crippen molar-refractivity contribution in [2.75, 3.05) is 13.7 Å². The van der Waals surface area contributed by atoms with Crippen LogP contribution in [0.3, 0.4) is 0 Å². The first kappa shape index (κ1) is 10.5. The number of carbonyl (C=O) groups is 1. The second-order valence-electron chi connectivity index (χ2n) is 2.77. The van der Waals surface area contributed by atoms with E-state index in [1.165, 1.54) is 19.2 Å². The number of aryl methyl sites for hydroxylation is 1. The van der Waals surface area contributed by atoms with Gasteiger partial charge >= 0.3 is 5.97 Å². The number of methoxy groups -OCH3 is 1. The van der Waals surface area contributed by atoms with Crippen LogP contribution in [0, 0.1) is 12.7 Å². The number of ether oxygens (including phenoxy) is 2. The molecule has 0 aromatic heterocycles. The molecule has 0 saturated carbocycles. The van der Waals surface area contributed by atoms with Gasteiger partial charge in [-0.25, -0.2) is 9.18 Å². The Balaban J connectivity index is 2.66. The zero-order valence-electron chi connectivity index (χ0n) is 8.04. The average Bonchev–Trinajstić information content (AvgIpc) is 2.19. The molecule has 4 heteroatoms. The third kappa shape index (κ3) is 2.73. The lowest BCUT2D eigenvalue weighted by Gasteiger charge is -2.07. The van der Waals surface area contributed by atoms with Gasteiger partial charge in [0, 0.05) is 6.07 Å². The molecule has 1 rings (SSSR count). The number of hydrogen-bond acceptors (Lipinski definition) is 3. The summed E-state index contributed by atoms with van der Waals surface area (Å²) in [5.74, 6) is -0.528. The highest BCUT2D eigenvalue weighted by Crippen LogP contribution is 2.18. The summed E-state index contributed by atoms with van der Waals surface area (Å²) in [6, 6.07) is 4.15. The second kappa shape index (κ2) is 4.60. The van der Waals surface area contributed by atoms with Crippen molar-refractivity contribution in [1.82, 2.24) is 0 Å². The van der Waals surface area contributed by atoms with Crippen LogP contribution in [0.5, 0.6) is 5.75 Å². The van der Waals surface area contributed by atoms with Crippen LogP contribution in [-0.2, 0) is 9.53 Å². The molecule has 0 atom stereocenters. The van der Waals surface area contributed by atoms with Crippen LogP contribution in [0.4, 0.5) is 4.39 Å². The first-order valence-electron chi connectivity index (χ1n) is 4.09. The SMILES string of the molecule is COC(=O)COc1cc(F)ccc1C. The van der Waals surface area contributed by atoms with Crippen LogP contribution in [0.15, 0.2) is 18.2 Å². The number of carbonyl (C=O) groups excluding carboxylic acids is 1. The molecule has 0 N–H and O–H groups in total. The molecule has 0 unspecified atom stereocenters. The van der Waals surface area contributed by atoms with Crippen molar-refractivity contribution in [1.29, 1.82) is 0 Å². The van der Waals surface area contributed by atoms with Crippen molar-refractivity contribution >= 4 is 5.97 Å². The number of benzene rings is 1. The smallest absolute Gasteiger partial charge is 0.343 e. The largest absolute Gasteiger partial charge is 0.482 e. The van der Waals surface area contributed by atoms with E-state index in [0.717, 1.165) is 5.56 Å². The highest BCUT2D eigenvalue weighted by molar-refractivity contribution is 5.70. The van der Waals surface area contributed by atoms with Gasteiger partial charge in [0.1, 0.15) is 11.6 Å². The van der Waals surface area contributed by atoms with Crippen molar-refractivity contribution in [2.24, 2.45) is 0 Å². The predicted molar refractivity (Wildman–Crippen MR) is 48.6 cm³/mol. The molecule has 1 aromatic rings. The van der Waals surface area contributed by atoms with Crippen molar-refractivity contribution in [3.05, 3.63) is 29.6 Å². The van der Waals surface area contributed by atoms with E-state index in [4.69, 9.17) is 4.74 Å². The van der Waals surface area contributed by atoms with Crippen LogP contribution in [0.2, 0.25) is 0 Å². The summed E-state index contributed by atoms with van der Waals surface area (Å²) in [5.41, 5.74) is 0.773. The molecule has 14 heavy (non-hydrogen) atoms. The second-order valence-corrected chi connectivity index (χ2v) is 2.77. The monoisotopic (exact) mass is 198 g/mol. The van der Waals surface area contributed by atoms with Gasteiger partial charge in [-0.1, -0.05) is 6.07 Å². The van der Waals surface area contributed by atoms with Gasteiger partial charge in [-0.2, -0.15) is 0 Å². The normalized spacial score (nSPS) is 9.64. The molecule has 0 radical (unpaired) electrons. The van der Waals surface area contributed by atoms with Crippen molar-refractivity contribution < 1.29 is 18.7 Å². The Morgan fingerprint density at radius 1 is 1.50 bits per heavy atom. The maximum atomic E-state index is 12.8. The van der Waals surface area contributed by atoms with E-state index in [0.29, 0.717) is 5.75 Å². The third-order valence-electron chi connectivity index (χ3n) is 1.72. The summed E-state index contributed by atoms with van der Waals surface area (Å²) in [6.45, 7) is 1.56. The van der Waals surface area contributed by atoms with Gasteiger partial charge in [0.05, 0.1) is 7.11 Å². The number of esters is 1. The molecule has 0 heterocycles. The first-order valence-corrected chi connectivity index (χ1v) is 4.09. The number of rotatable bonds is 3. The molecule has 0 saturated heterocycles. The zero-order chi connectivity index (χ0) is 10.6. The van der Waals surface area contributed by atoms with Crippen molar-refractivity contribution in [3.8, 4) is 5.75 Å². The Hall–Kier alpha value is -1.58. The average molecular weight is 198 g/mol. The number of hydrogen-bond donors (Lipinski definition) is 0. The molecule has 3 nitrogen and oxygen atoms in total. The van der Waals surface area contributed by atoms with Crippen LogP contribution in [-0.4, -0.2) is 19.7 Å². The maximum Gasteiger partial charge on any atom is 0.343 e. The lowest BCUT2D eigenvalue weighted by molar-refractivity contribution is -0.142. The van der Waals surface area contributed by atoms with Gasteiger partial charge in [-0.15, -0.1) is 0 Å². The van der Waals surface area contributed by atoms with Gasteiger partial charge in [0.15, 0.2) is 6.61 Å². The molecule has 0 bridgehead atoms. The third-order valence-corrected chi connectivity index (χ3v) is 1.72. The Kier molecular flexibility index (Phi) is 3.45. The molecule has 0 fully saturated rings.